The molecule has 3 rings (SSSR count). The van der Waals surface area contributed by atoms with Gasteiger partial charge in [-0.25, -0.2) is 0 Å². The van der Waals surface area contributed by atoms with Crippen molar-refractivity contribution >= 4 is 6.08 Å². The fourth-order valence-electron chi connectivity index (χ4n) is 2.47. The number of ether oxygens (including phenoxy) is 1. The summed E-state index contributed by atoms with van der Waals surface area (Å²) in [6, 6.07) is 23.2. The lowest BCUT2D eigenvalue weighted by Crippen LogP contribution is -1.98. The molecule has 2 nitrogen and oxygen atoms in total. The molecular weight excluding hydrogens is 284 g/mol. The Morgan fingerprint density at radius 1 is 0.870 bits per heavy atom. The minimum absolute atomic E-state index is 0.250. The molecule has 114 valence electrons. The third kappa shape index (κ3) is 3.43. The van der Waals surface area contributed by atoms with E-state index in [2.05, 4.69) is 6.58 Å². The zero-order chi connectivity index (χ0) is 16.1. The summed E-state index contributed by atoms with van der Waals surface area (Å²) in [5, 5.41) is 9.48. The zero-order valence-electron chi connectivity index (χ0n) is 12.8. The predicted molar refractivity (Wildman–Crippen MR) is 94.4 cm³/mol. The van der Waals surface area contributed by atoms with Crippen LogP contribution in [0.2, 0.25) is 0 Å². The van der Waals surface area contributed by atoms with Crippen LogP contribution in [-0.4, -0.2) is 5.11 Å². The summed E-state index contributed by atoms with van der Waals surface area (Å²) in [6.45, 7) is 4.37. The first-order valence-electron chi connectivity index (χ1n) is 7.49. The Kier molecular flexibility index (Phi) is 4.44. The third-order valence-electron chi connectivity index (χ3n) is 3.67. The molecule has 0 amide bonds. The molecule has 3 aromatic rings. The van der Waals surface area contributed by atoms with Crippen LogP contribution in [0.4, 0.5) is 0 Å². The van der Waals surface area contributed by atoms with E-state index in [1.54, 1.807) is 18.2 Å². The van der Waals surface area contributed by atoms with E-state index < -0.39 is 0 Å². The van der Waals surface area contributed by atoms with Crippen molar-refractivity contribution in [2.75, 3.05) is 0 Å². The fraction of sp³-hybridized carbons (Fsp3) is 0.0476. The van der Waals surface area contributed by atoms with E-state index in [0.717, 1.165) is 28.0 Å². The van der Waals surface area contributed by atoms with Gasteiger partial charge in [0, 0.05) is 11.1 Å². The first-order chi connectivity index (χ1) is 11.3. The van der Waals surface area contributed by atoms with Gasteiger partial charge in [-0.05, 0) is 23.3 Å². The summed E-state index contributed by atoms with van der Waals surface area (Å²) in [5.41, 5.74) is 4.04. The Hall–Kier alpha value is -3.00. The van der Waals surface area contributed by atoms with Gasteiger partial charge in [0.2, 0.25) is 0 Å². The van der Waals surface area contributed by atoms with Crippen molar-refractivity contribution in [1.82, 2.24) is 0 Å². The van der Waals surface area contributed by atoms with Crippen LogP contribution in [0, 0.1) is 0 Å². The largest absolute Gasteiger partial charge is 0.508 e. The number of phenols is 1. The predicted octanol–water partition coefficient (Wildman–Crippen LogP) is 5.28. The van der Waals surface area contributed by atoms with Crippen molar-refractivity contribution in [2.24, 2.45) is 0 Å². The Morgan fingerprint density at radius 2 is 1.61 bits per heavy atom. The van der Waals surface area contributed by atoms with Crippen LogP contribution in [0.1, 0.15) is 11.1 Å². The summed E-state index contributed by atoms with van der Waals surface area (Å²) in [7, 11) is 0. The average molecular weight is 302 g/mol. The average Bonchev–Trinajstić information content (AvgIpc) is 2.61. The SMILES string of the molecule is C=Cc1cccc(-c2ccc(O)cc2)c1OCc1ccccc1. The molecule has 0 spiro atoms. The Bertz CT molecular complexity index is 790. The van der Waals surface area contributed by atoms with Crippen molar-refractivity contribution in [2.45, 2.75) is 6.61 Å². The van der Waals surface area contributed by atoms with Crippen LogP contribution in [0.15, 0.2) is 79.4 Å². The van der Waals surface area contributed by atoms with Gasteiger partial charge in [0.25, 0.3) is 0 Å². The Labute approximate surface area is 136 Å². The molecule has 0 radical (unpaired) electrons. The normalized spacial score (nSPS) is 10.3. The van der Waals surface area contributed by atoms with E-state index in [1.165, 1.54) is 0 Å². The third-order valence-corrected chi connectivity index (χ3v) is 3.67. The molecule has 0 unspecified atom stereocenters. The molecule has 0 saturated carbocycles. The molecule has 0 atom stereocenters. The van der Waals surface area contributed by atoms with Gasteiger partial charge in [-0.1, -0.05) is 73.3 Å². The number of rotatable bonds is 5. The lowest BCUT2D eigenvalue weighted by Gasteiger charge is -2.15. The van der Waals surface area contributed by atoms with Crippen molar-refractivity contribution < 1.29 is 9.84 Å². The van der Waals surface area contributed by atoms with Crippen molar-refractivity contribution in [3.8, 4) is 22.6 Å². The molecule has 0 aromatic heterocycles. The van der Waals surface area contributed by atoms with Crippen LogP contribution < -0.4 is 4.74 Å². The number of benzene rings is 3. The van der Waals surface area contributed by atoms with Gasteiger partial charge in [0.1, 0.15) is 18.1 Å². The van der Waals surface area contributed by atoms with Gasteiger partial charge in [-0.15, -0.1) is 0 Å². The molecule has 0 saturated heterocycles. The van der Waals surface area contributed by atoms with E-state index in [1.807, 2.05) is 60.7 Å². The minimum Gasteiger partial charge on any atom is -0.508 e. The van der Waals surface area contributed by atoms with Gasteiger partial charge in [0.15, 0.2) is 0 Å². The highest BCUT2D eigenvalue weighted by Crippen LogP contribution is 2.35. The Balaban J connectivity index is 1.96. The minimum atomic E-state index is 0.250. The van der Waals surface area contributed by atoms with Crippen LogP contribution >= 0.6 is 0 Å². The van der Waals surface area contributed by atoms with Gasteiger partial charge < -0.3 is 9.84 Å². The molecule has 3 aromatic carbocycles. The van der Waals surface area contributed by atoms with Crippen LogP contribution in [0.25, 0.3) is 17.2 Å². The second kappa shape index (κ2) is 6.84. The summed E-state index contributed by atoms with van der Waals surface area (Å²) in [6.07, 6.45) is 1.80. The zero-order valence-corrected chi connectivity index (χ0v) is 12.8. The van der Waals surface area contributed by atoms with Crippen molar-refractivity contribution in [3.63, 3.8) is 0 Å². The summed E-state index contributed by atoms with van der Waals surface area (Å²) >= 11 is 0. The van der Waals surface area contributed by atoms with Gasteiger partial charge in [-0.3, -0.25) is 0 Å². The first-order valence-corrected chi connectivity index (χ1v) is 7.49. The molecule has 0 fully saturated rings. The number of hydrogen-bond donors (Lipinski definition) is 1. The lowest BCUT2D eigenvalue weighted by molar-refractivity contribution is 0.307. The van der Waals surface area contributed by atoms with Gasteiger partial charge >= 0.3 is 0 Å². The van der Waals surface area contributed by atoms with Gasteiger partial charge in [-0.2, -0.15) is 0 Å². The van der Waals surface area contributed by atoms with Crippen molar-refractivity contribution in [1.29, 1.82) is 0 Å². The molecule has 1 N–H and O–H groups in total. The Morgan fingerprint density at radius 3 is 2.30 bits per heavy atom. The molecule has 0 bridgehead atoms. The quantitative estimate of drug-likeness (QED) is 0.694. The van der Waals surface area contributed by atoms with Gasteiger partial charge in [0.05, 0.1) is 0 Å². The number of phenolic OH excluding ortho intramolecular Hbond substituents is 1. The standard InChI is InChI=1S/C21H18O2/c1-2-17-9-6-10-20(18-11-13-19(22)14-12-18)21(17)23-15-16-7-4-3-5-8-16/h2-14,22H,1,15H2. The molecule has 2 heteroatoms. The maximum atomic E-state index is 9.48. The first kappa shape index (κ1) is 14.9. The van der Waals surface area contributed by atoms with E-state index in [-0.39, 0.29) is 5.75 Å². The van der Waals surface area contributed by atoms with Crippen LogP contribution in [0.5, 0.6) is 11.5 Å². The summed E-state index contributed by atoms with van der Waals surface area (Å²) < 4.78 is 6.10. The highest BCUT2D eigenvalue weighted by Gasteiger charge is 2.10. The van der Waals surface area contributed by atoms with Crippen molar-refractivity contribution in [3.05, 3.63) is 90.5 Å². The number of hydrogen-bond acceptors (Lipinski definition) is 2. The van der Waals surface area contributed by atoms with E-state index in [0.29, 0.717) is 6.61 Å². The maximum Gasteiger partial charge on any atom is 0.134 e. The number of para-hydroxylation sites is 1. The second-order valence-electron chi connectivity index (χ2n) is 5.25. The smallest absolute Gasteiger partial charge is 0.134 e. The number of aromatic hydroxyl groups is 1. The lowest BCUT2D eigenvalue weighted by atomic mass is 10.0. The molecule has 0 heterocycles. The highest BCUT2D eigenvalue weighted by molar-refractivity contribution is 5.76. The second-order valence-corrected chi connectivity index (χ2v) is 5.25. The fourth-order valence-corrected chi connectivity index (χ4v) is 2.47. The summed E-state index contributed by atoms with van der Waals surface area (Å²) in [5.74, 6) is 1.05. The van der Waals surface area contributed by atoms with E-state index >= 15 is 0 Å². The molecule has 0 aliphatic carbocycles. The van der Waals surface area contributed by atoms with E-state index in [9.17, 15) is 5.11 Å². The van der Waals surface area contributed by atoms with E-state index in [4.69, 9.17) is 4.74 Å². The maximum absolute atomic E-state index is 9.48. The molecule has 0 aliphatic heterocycles. The highest BCUT2D eigenvalue weighted by atomic mass is 16.5. The topological polar surface area (TPSA) is 29.5 Å². The monoisotopic (exact) mass is 302 g/mol. The molecule has 0 aliphatic rings. The molecule has 23 heavy (non-hydrogen) atoms. The van der Waals surface area contributed by atoms with Crippen LogP contribution in [0.3, 0.4) is 0 Å². The molecular formula is C21H18O2. The van der Waals surface area contributed by atoms with Crippen LogP contribution in [-0.2, 0) is 6.61 Å². The summed E-state index contributed by atoms with van der Waals surface area (Å²) in [4.78, 5) is 0.